The fraction of sp³-hybridized carbons (Fsp3) is 0.579. The predicted molar refractivity (Wildman–Crippen MR) is 105 cm³/mol. The van der Waals surface area contributed by atoms with Crippen molar-refractivity contribution in [1.29, 1.82) is 0 Å². The van der Waals surface area contributed by atoms with E-state index < -0.39 is 6.36 Å². The largest absolute Gasteiger partial charge is 0.573 e. The van der Waals surface area contributed by atoms with Crippen LogP contribution in [0.15, 0.2) is 34.3 Å². The Morgan fingerprint density at radius 1 is 1.21 bits per heavy atom. The Labute approximate surface area is 168 Å². The van der Waals surface area contributed by atoms with Crippen LogP contribution >= 0.6 is 0 Å². The number of halogens is 3. The Morgan fingerprint density at radius 3 is 2.41 bits per heavy atom. The summed E-state index contributed by atoms with van der Waals surface area (Å²) in [5.41, 5.74) is 0.245. The highest BCUT2D eigenvalue weighted by molar-refractivity contribution is 6.02. The van der Waals surface area contributed by atoms with E-state index in [9.17, 15) is 13.2 Å². The fourth-order valence-electron chi connectivity index (χ4n) is 3.04. The standard InChI is InChI=1S/C19H26F3N5O2/c1-3-23-18(8-9-18)26-17(24-14(2)27-10-12-28-13-11-27)25-15-4-6-16(7-5-15)29-19(20,21)22/h4-7,23H,3,8-13H2,1-2H3,(H,25,26). The lowest BCUT2D eigenvalue weighted by Gasteiger charge is -2.28. The lowest BCUT2D eigenvalue weighted by Crippen LogP contribution is -2.40. The van der Waals surface area contributed by atoms with Crippen LogP contribution in [0.25, 0.3) is 0 Å². The van der Waals surface area contributed by atoms with Gasteiger partial charge in [-0.1, -0.05) is 6.92 Å². The van der Waals surface area contributed by atoms with Crippen LogP contribution in [-0.4, -0.2) is 61.6 Å². The maximum absolute atomic E-state index is 12.3. The van der Waals surface area contributed by atoms with E-state index in [0.29, 0.717) is 24.9 Å². The topological polar surface area (TPSA) is 70.5 Å². The second-order valence-electron chi connectivity index (χ2n) is 6.95. The molecule has 29 heavy (non-hydrogen) atoms. The van der Waals surface area contributed by atoms with Crippen LogP contribution in [0.5, 0.6) is 5.75 Å². The molecule has 1 heterocycles. The number of anilines is 1. The molecule has 1 aromatic carbocycles. The van der Waals surface area contributed by atoms with Gasteiger partial charge in [-0.05, 0) is 50.6 Å². The lowest BCUT2D eigenvalue weighted by atomic mass is 10.3. The van der Waals surface area contributed by atoms with Gasteiger partial charge in [0.05, 0.1) is 13.2 Å². The Morgan fingerprint density at radius 2 is 1.86 bits per heavy atom. The van der Waals surface area contributed by atoms with Crippen molar-refractivity contribution in [3.63, 3.8) is 0 Å². The monoisotopic (exact) mass is 413 g/mol. The minimum absolute atomic E-state index is 0.277. The molecular formula is C19H26F3N5O2. The maximum atomic E-state index is 12.3. The molecule has 0 spiro atoms. The summed E-state index contributed by atoms with van der Waals surface area (Å²) >= 11 is 0. The summed E-state index contributed by atoms with van der Waals surface area (Å²) < 4.78 is 46.3. The first-order valence-corrected chi connectivity index (χ1v) is 9.64. The number of morpholine rings is 1. The molecule has 0 aromatic heterocycles. The molecule has 0 amide bonds. The maximum Gasteiger partial charge on any atom is 0.573 e. The SMILES string of the molecule is CCNC1(N=C(N=C(C)N2CCOCC2)Nc2ccc(OC(F)(F)F)cc2)CC1. The van der Waals surface area contributed by atoms with Gasteiger partial charge in [-0.25, -0.2) is 9.98 Å². The number of nitrogens with zero attached hydrogens (tertiary/aromatic N) is 3. The van der Waals surface area contributed by atoms with Crippen molar-refractivity contribution in [2.24, 2.45) is 9.98 Å². The smallest absolute Gasteiger partial charge is 0.406 e. The third-order valence-corrected chi connectivity index (χ3v) is 4.63. The summed E-state index contributed by atoms with van der Waals surface area (Å²) in [6, 6.07) is 5.51. The summed E-state index contributed by atoms with van der Waals surface area (Å²) in [7, 11) is 0. The molecule has 1 saturated heterocycles. The number of rotatable bonds is 5. The number of alkyl halides is 3. The zero-order valence-corrected chi connectivity index (χ0v) is 16.6. The molecule has 0 unspecified atom stereocenters. The van der Waals surface area contributed by atoms with E-state index in [0.717, 1.165) is 38.3 Å². The van der Waals surface area contributed by atoms with Crippen LogP contribution in [-0.2, 0) is 4.74 Å². The molecule has 0 atom stereocenters. The second-order valence-corrected chi connectivity index (χ2v) is 6.95. The molecule has 7 nitrogen and oxygen atoms in total. The molecular weight excluding hydrogens is 387 g/mol. The number of guanidine groups is 1. The molecule has 2 aliphatic rings. The summed E-state index contributed by atoms with van der Waals surface area (Å²) in [4.78, 5) is 11.5. The zero-order chi connectivity index (χ0) is 20.9. The van der Waals surface area contributed by atoms with Crippen molar-refractivity contribution in [2.45, 2.75) is 38.7 Å². The molecule has 10 heteroatoms. The highest BCUT2D eigenvalue weighted by Gasteiger charge is 2.42. The number of nitrogens with one attached hydrogen (secondary N) is 2. The summed E-state index contributed by atoms with van der Waals surface area (Å²) in [5, 5.41) is 6.48. The van der Waals surface area contributed by atoms with Crippen LogP contribution < -0.4 is 15.4 Å². The van der Waals surface area contributed by atoms with Gasteiger partial charge >= 0.3 is 6.36 Å². The molecule has 3 rings (SSSR count). The van der Waals surface area contributed by atoms with Gasteiger partial charge in [0, 0.05) is 18.8 Å². The zero-order valence-electron chi connectivity index (χ0n) is 16.6. The highest BCUT2D eigenvalue weighted by atomic mass is 19.4. The molecule has 0 bridgehead atoms. The van der Waals surface area contributed by atoms with E-state index in [2.05, 4.69) is 25.3 Å². The van der Waals surface area contributed by atoms with Crippen molar-refractivity contribution in [2.75, 3.05) is 38.2 Å². The van der Waals surface area contributed by atoms with Crippen molar-refractivity contribution < 1.29 is 22.6 Å². The Balaban J connectivity index is 1.77. The Kier molecular flexibility index (Phi) is 6.63. The minimum Gasteiger partial charge on any atom is -0.406 e. The van der Waals surface area contributed by atoms with E-state index >= 15 is 0 Å². The fourth-order valence-corrected chi connectivity index (χ4v) is 3.04. The van der Waals surface area contributed by atoms with E-state index in [1.165, 1.54) is 24.3 Å². The number of ether oxygens (including phenoxy) is 2. The first-order chi connectivity index (χ1) is 13.8. The van der Waals surface area contributed by atoms with Gasteiger partial charge in [0.2, 0.25) is 5.96 Å². The molecule has 1 aliphatic carbocycles. The summed E-state index contributed by atoms with van der Waals surface area (Å²) in [6.45, 7) is 7.52. The number of aliphatic imine (C=N–C) groups is 2. The predicted octanol–water partition coefficient (Wildman–Crippen LogP) is 3.20. The molecule has 1 aromatic rings. The van der Waals surface area contributed by atoms with Gasteiger partial charge in [0.25, 0.3) is 0 Å². The van der Waals surface area contributed by atoms with Gasteiger partial charge in [-0.15, -0.1) is 13.2 Å². The Bertz CT molecular complexity index is 739. The summed E-state index contributed by atoms with van der Waals surface area (Å²) in [6.07, 6.45) is -2.89. The van der Waals surface area contributed by atoms with Gasteiger partial charge < -0.3 is 19.7 Å². The minimum atomic E-state index is -4.72. The van der Waals surface area contributed by atoms with Crippen molar-refractivity contribution in [3.05, 3.63) is 24.3 Å². The normalized spacial score (nSPS) is 19.8. The molecule has 2 N–H and O–H groups in total. The molecule has 0 radical (unpaired) electrons. The average Bonchev–Trinajstić information content (AvgIpc) is 3.42. The molecule has 1 saturated carbocycles. The Hall–Kier alpha value is -2.33. The van der Waals surface area contributed by atoms with E-state index in [-0.39, 0.29) is 11.4 Å². The molecule has 1 aliphatic heterocycles. The third kappa shape index (κ3) is 6.60. The second kappa shape index (κ2) is 9.00. The number of hydrogen-bond acceptors (Lipinski definition) is 4. The van der Waals surface area contributed by atoms with E-state index in [4.69, 9.17) is 9.73 Å². The first-order valence-electron chi connectivity index (χ1n) is 9.64. The number of amidine groups is 1. The van der Waals surface area contributed by atoms with Gasteiger partial charge in [0.1, 0.15) is 17.2 Å². The first kappa shape index (κ1) is 21.4. The van der Waals surface area contributed by atoms with Crippen molar-refractivity contribution in [3.8, 4) is 5.75 Å². The van der Waals surface area contributed by atoms with Gasteiger partial charge in [-0.3, -0.25) is 5.32 Å². The number of benzene rings is 1. The third-order valence-electron chi connectivity index (χ3n) is 4.63. The van der Waals surface area contributed by atoms with Crippen LogP contribution in [0.2, 0.25) is 0 Å². The van der Waals surface area contributed by atoms with Crippen LogP contribution in [0, 0.1) is 0 Å². The number of hydrogen-bond donors (Lipinski definition) is 2. The van der Waals surface area contributed by atoms with Gasteiger partial charge in [0.15, 0.2) is 0 Å². The van der Waals surface area contributed by atoms with Crippen molar-refractivity contribution >= 4 is 17.5 Å². The van der Waals surface area contributed by atoms with Gasteiger partial charge in [-0.2, -0.15) is 0 Å². The summed E-state index contributed by atoms with van der Waals surface area (Å²) in [5.74, 6) is 0.946. The lowest BCUT2D eigenvalue weighted by molar-refractivity contribution is -0.274. The average molecular weight is 413 g/mol. The molecule has 160 valence electrons. The van der Waals surface area contributed by atoms with Crippen LogP contribution in [0.4, 0.5) is 18.9 Å². The van der Waals surface area contributed by atoms with Crippen LogP contribution in [0.1, 0.15) is 26.7 Å². The highest BCUT2D eigenvalue weighted by Crippen LogP contribution is 2.37. The van der Waals surface area contributed by atoms with E-state index in [1.54, 1.807) is 0 Å². The van der Waals surface area contributed by atoms with Crippen molar-refractivity contribution in [1.82, 2.24) is 10.2 Å². The quantitative estimate of drug-likeness (QED) is 0.573. The molecule has 2 fully saturated rings. The van der Waals surface area contributed by atoms with Crippen LogP contribution in [0.3, 0.4) is 0 Å². The van der Waals surface area contributed by atoms with E-state index in [1.807, 2.05) is 13.8 Å².